The molecule has 0 fully saturated rings. The van der Waals surface area contributed by atoms with Crippen LogP contribution in [-0.2, 0) is 4.79 Å². The smallest absolute Gasteiger partial charge is 0.348 e. The van der Waals surface area contributed by atoms with Crippen LogP contribution in [0.1, 0.15) is 13.8 Å². The first kappa shape index (κ1) is 15.7. The van der Waals surface area contributed by atoms with Crippen molar-refractivity contribution in [1.29, 1.82) is 0 Å². The minimum atomic E-state index is -5.01. The number of rotatable bonds is 4. The maximum Gasteiger partial charge on any atom is 0.426 e. The Morgan fingerprint density at radius 1 is 1.12 bits per heavy atom. The number of nitrogens with zero attached hydrogens (tertiary/aromatic N) is 2. The number of alkyl halides is 3. The molecule has 0 heterocycles. The van der Waals surface area contributed by atoms with Crippen molar-refractivity contribution in [3.63, 3.8) is 0 Å². The van der Waals surface area contributed by atoms with Crippen LogP contribution in [0.5, 0.6) is 0 Å². The molecule has 0 N–H and O–H groups in total. The van der Waals surface area contributed by atoms with E-state index in [9.17, 15) is 22.4 Å². The van der Waals surface area contributed by atoms with Gasteiger partial charge in [0.15, 0.2) is 5.57 Å². The van der Waals surface area contributed by atoms with Crippen LogP contribution in [0.2, 0.25) is 0 Å². The molecule has 0 aliphatic carbocycles. The Bertz CT molecular complexity index is 306. The lowest BCUT2D eigenvalue weighted by atomic mass is 10.2. The topological polar surface area (TPSA) is 23.6 Å². The van der Waals surface area contributed by atoms with Crippen molar-refractivity contribution in [3.8, 4) is 0 Å². The summed E-state index contributed by atoms with van der Waals surface area (Å²) in [4.78, 5) is 12.9. The molecule has 0 aromatic rings. The van der Waals surface area contributed by atoms with Crippen molar-refractivity contribution >= 4 is 5.91 Å². The molecular formula is C10H16F4N2O. The summed E-state index contributed by atoms with van der Waals surface area (Å²) in [5, 5.41) is 0. The average Bonchev–Trinajstić information content (AvgIpc) is 2.17. The van der Waals surface area contributed by atoms with Gasteiger partial charge in [0.25, 0.3) is 5.91 Å². The van der Waals surface area contributed by atoms with E-state index in [1.54, 1.807) is 0 Å². The fourth-order valence-corrected chi connectivity index (χ4v) is 1.21. The minimum Gasteiger partial charge on any atom is -0.348 e. The van der Waals surface area contributed by atoms with Crippen LogP contribution in [0.3, 0.4) is 0 Å². The SMILES string of the molecule is CCN(CC)/C(F)=C(/C(=O)N(C)C)C(F)(F)F. The highest BCUT2D eigenvalue weighted by molar-refractivity contribution is 5.94. The number of likely N-dealkylation sites (N-methyl/N-ethyl adjacent to an activating group) is 1. The Balaban J connectivity index is 5.60. The third kappa shape index (κ3) is 3.90. The van der Waals surface area contributed by atoms with Gasteiger partial charge in [0, 0.05) is 27.2 Å². The third-order valence-electron chi connectivity index (χ3n) is 2.15. The predicted molar refractivity (Wildman–Crippen MR) is 55.8 cm³/mol. The van der Waals surface area contributed by atoms with Gasteiger partial charge in [-0.3, -0.25) is 4.79 Å². The largest absolute Gasteiger partial charge is 0.426 e. The number of carbonyl (C=O) groups is 1. The maximum absolute atomic E-state index is 13.7. The molecule has 0 bridgehead atoms. The van der Waals surface area contributed by atoms with E-state index >= 15 is 0 Å². The molecular weight excluding hydrogens is 240 g/mol. The van der Waals surface area contributed by atoms with Crippen molar-refractivity contribution in [3.05, 3.63) is 11.5 Å². The van der Waals surface area contributed by atoms with E-state index in [0.717, 1.165) is 19.0 Å². The minimum absolute atomic E-state index is 0.0582. The standard InChI is InChI=1S/C10H16F4N2O/c1-5-16(6-2)8(11)7(10(12,13)14)9(17)15(3)4/h5-6H2,1-4H3/b8-7-. The molecule has 0 rings (SSSR count). The van der Waals surface area contributed by atoms with Crippen LogP contribution in [-0.4, -0.2) is 49.1 Å². The monoisotopic (exact) mass is 256 g/mol. The normalized spacial score (nSPS) is 13.2. The second kappa shape index (κ2) is 5.88. The number of hydrogen-bond donors (Lipinski definition) is 0. The van der Waals surface area contributed by atoms with E-state index in [1.165, 1.54) is 13.8 Å². The quantitative estimate of drug-likeness (QED) is 0.437. The zero-order chi connectivity index (χ0) is 13.8. The zero-order valence-corrected chi connectivity index (χ0v) is 10.2. The van der Waals surface area contributed by atoms with Crippen molar-refractivity contribution in [2.24, 2.45) is 0 Å². The molecule has 0 saturated carbocycles. The Morgan fingerprint density at radius 2 is 1.53 bits per heavy atom. The van der Waals surface area contributed by atoms with Crippen LogP contribution in [0.15, 0.2) is 11.5 Å². The van der Waals surface area contributed by atoms with Gasteiger partial charge in [0.1, 0.15) is 0 Å². The molecule has 3 nitrogen and oxygen atoms in total. The van der Waals surface area contributed by atoms with Crippen LogP contribution in [0, 0.1) is 0 Å². The number of amides is 1. The summed E-state index contributed by atoms with van der Waals surface area (Å²) in [7, 11) is 2.28. The Hall–Kier alpha value is -1.27. The van der Waals surface area contributed by atoms with Gasteiger partial charge in [-0.05, 0) is 13.8 Å². The summed E-state index contributed by atoms with van der Waals surface area (Å²) in [5.41, 5.74) is -1.76. The second-order valence-corrected chi connectivity index (χ2v) is 3.54. The van der Waals surface area contributed by atoms with Gasteiger partial charge >= 0.3 is 6.18 Å². The fraction of sp³-hybridized carbons (Fsp3) is 0.700. The number of hydrogen-bond acceptors (Lipinski definition) is 2. The van der Waals surface area contributed by atoms with Gasteiger partial charge in [-0.25, -0.2) is 0 Å². The molecule has 7 heteroatoms. The molecule has 0 atom stereocenters. The van der Waals surface area contributed by atoms with Gasteiger partial charge in [0.2, 0.25) is 5.95 Å². The molecule has 0 aromatic carbocycles. The van der Waals surface area contributed by atoms with Crippen LogP contribution >= 0.6 is 0 Å². The van der Waals surface area contributed by atoms with Crippen LogP contribution in [0.25, 0.3) is 0 Å². The summed E-state index contributed by atoms with van der Waals surface area (Å²) in [6, 6.07) is 0. The van der Waals surface area contributed by atoms with Gasteiger partial charge in [0.05, 0.1) is 0 Å². The van der Waals surface area contributed by atoms with Crippen molar-refractivity contribution in [1.82, 2.24) is 9.80 Å². The highest BCUT2D eigenvalue weighted by atomic mass is 19.4. The molecule has 0 aliphatic rings. The summed E-state index contributed by atoms with van der Waals surface area (Å²) in [5.74, 6) is -2.91. The number of carbonyl (C=O) groups excluding carboxylic acids is 1. The predicted octanol–water partition coefficient (Wildman–Crippen LogP) is 2.16. The first-order valence-corrected chi connectivity index (χ1v) is 5.10. The van der Waals surface area contributed by atoms with E-state index in [-0.39, 0.29) is 13.1 Å². The molecule has 1 amide bonds. The summed E-state index contributed by atoms with van der Waals surface area (Å²) in [6.07, 6.45) is -5.01. The zero-order valence-electron chi connectivity index (χ0n) is 10.2. The van der Waals surface area contributed by atoms with Crippen LogP contribution in [0.4, 0.5) is 17.6 Å². The Kier molecular flexibility index (Phi) is 5.44. The van der Waals surface area contributed by atoms with Gasteiger partial charge in [-0.1, -0.05) is 0 Å². The third-order valence-corrected chi connectivity index (χ3v) is 2.15. The van der Waals surface area contributed by atoms with E-state index in [0.29, 0.717) is 4.90 Å². The lowest BCUT2D eigenvalue weighted by Gasteiger charge is -2.23. The van der Waals surface area contributed by atoms with E-state index in [1.807, 2.05) is 0 Å². The van der Waals surface area contributed by atoms with Gasteiger partial charge in [-0.2, -0.15) is 17.6 Å². The van der Waals surface area contributed by atoms with E-state index in [2.05, 4.69) is 0 Å². The molecule has 0 unspecified atom stereocenters. The fourth-order valence-electron chi connectivity index (χ4n) is 1.21. The summed E-state index contributed by atoms with van der Waals surface area (Å²) >= 11 is 0. The van der Waals surface area contributed by atoms with Crippen molar-refractivity contribution in [2.45, 2.75) is 20.0 Å². The first-order valence-electron chi connectivity index (χ1n) is 5.10. The van der Waals surface area contributed by atoms with E-state index < -0.39 is 23.6 Å². The molecule has 17 heavy (non-hydrogen) atoms. The maximum atomic E-state index is 13.7. The molecule has 0 aliphatic heterocycles. The first-order chi connectivity index (χ1) is 7.66. The number of halogens is 4. The summed E-state index contributed by atoms with van der Waals surface area (Å²) in [6.45, 7) is 3.14. The lowest BCUT2D eigenvalue weighted by molar-refractivity contribution is -0.138. The van der Waals surface area contributed by atoms with Gasteiger partial charge < -0.3 is 9.80 Å². The lowest BCUT2D eigenvalue weighted by Crippen LogP contribution is -2.35. The Morgan fingerprint density at radius 3 is 1.76 bits per heavy atom. The molecule has 0 radical (unpaired) electrons. The molecule has 100 valence electrons. The van der Waals surface area contributed by atoms with Crippen molar-refractivity contribution < 1.29 is 22.4 Å². The average molecular weight is 256 g/mol. The highest BCUT2D eigenvalue weighted by Gasteiger charge is 2.44. The second-order valence-electron chi connectivity index (χ2n) is 3.54. The van der Waals surface area contributed by atoms with Crippen molar-refractivity contribution in [2.75, 3.05) is 27.2 Å². The van der Waals surface area contributed by atoms with Crippen LogP contribution < -0.4 is 0 Å². The summed E-state index contributed by atoms with van der Waals surface area (Å²) < 4.78 is 51.6. The molecule has 0 saturated heterocycles. The van der Waals surface area contributed by atoms with Gasteiger partial charge in [-0.15, -0.1) is 0 Å². The molecule has 0 aromatic heterocycles. The Labute approximate surface area is 97.7 Å². The van der Waals surface area contributed by atoms with E-state index in [4.69, 9.17) is 0 Å². The molecule has 0 spiro atoms. The highest BCUT2D eigenvalue weighted by Crippen LogP contribution is 2.31.